The number of rotatable bonds is 5. The maximum absolute atomic E-state index is 12.0. The third-order valence-electron chi connectivity index (χ3n) is 4.10. The number of benzene rings is 1. The molecule has 7 nitrogen and oxygen atoms in total. The lowest BCUT2D eigenvalue weighted by Gasteiger charge is -2.22. The molecule has 25 heavy (non-hydrogen) atoms. The van der Waals surface area contributed by atoms with E-state index in [1.165, 1.54) is 17.2 Å². The van der Waals surface area contributed by atoms with Crippen molar-refractivity contribution in [3.63, 3.8) is 0 Å². The molecule has 0 unspecified atom stereocenters. The molecule has 0 amide bonds. The first-order valence-electron chi connectivity index (χ1n) is 8.22. The number of ether oxygens (including phenoxy) is 2. The molecule has 1 N–H and O–H groups in total. The van der Waals surface area contributed by atoms with Crippen LogP contribution >= 0.6 is 0 Å². The summed E-state index contributed by atoms with van der Waals surface area (Å²) in [6, 6.07) is 9.00. The number of H-pyrrole nitrogens is 1. The van der Waals surface area contributed by atoms with Crippen molar-refractivity contribution in [3.8, 4) is 11.8 Å². The van der Waals surface area contributed by atoms with Crippen LogP contribution in [0.3, 0.4) is 0 Å². The second-order valence-electron chi connectivity index (χ2n) is 5.96. The summed E-state index contributed by atoms with van der Waals surface area (Å²) in [6.07, 6.45) is 4.69. The zero-order valence-corrected chi connectivity index (χ0v) is 13.7. The van der Waals surface area contributed by atoms with Gasteiger partial charge in [-0.1, -0.05) is 12.1 Å². The maximum atomic E-state index is 12.0. The van der Waals surface area contributed by atoms with Crippen LogP contribution in [-0.2, 0) is 16.1 Å². The van der Waals surface area contributed by atoms with Gasteiger partial charge < -0.3 is 9.47 Å². The molecule has 130 valence electrons. The van der Waals surface area contributed by atoms with Crippen LogP contribution < -0.4 is 11.2 Å². The minimum absolute atomic E-state index is 0.115. The molecule has 0 bridgehead atoms. The van der Waals surface area contributed by atoms with Crippen molar-refractivity contribution < 1.29 is 9.47 Å². The molecule has 1 saturated heterocycles. The van der Waals surface area contributed by atoms with Crippen LogP contribution in [0.2, 0.25) is 0 Å². The first-order chi connectivity index (χ1) is 12.2. The molecule has 2 aromatic rings. The van der Waals surface area contributed by atoms with Crippen LogP contribution in [0, 0.1) is 11.3 Å². The SMILES string of the molecule is N#Cc1cn(-c2cccc(COC[C@@H]3CCCCO3)c2)c(=O)[nH]c1=O. The molecule has 0 saturated carbocycles. The Bertz CT molecular complexity index is 888. The van der Waals surface area contributed by atoms with E-state index in [9.17, 15) is 9.59 Å². The van der Waals surface area contributed by atoms with Crippen LogP contribution in [0.25, 0.3) is 5.69 Å². The van der Waals surface area contributed by atoms with Crippen molar-refractivity contribution in [2.45, 2.75) is 32.0 Å². The number of nitrogens with one attached hydrogen (secondary N) is 1. The van der Waals surface area contributed by atoms with Crippen LogP contribution in [-0.4, -0.2) is 28.9 Å². The van der Waals surface area contributed by atoms with Crippen molar-refractivity contribution in [3.05, 3.63) is 62.4 Å². The van der Waals surface area contributed by atoms with E-state index < -0.39 is 11.2 Å². The van der Waals surface area contributed by atoms with E-state index in [1.54, 1.807) is 24.3 Å². The molecule has 3 rings (SSSR count). The number of aromatic nitrogens is 2. The summed E-state index contributed by atoms with van der Waals surface area (Å²) >= 11 is 0. The minimum Gasteiger partial charge on any atom is -0.376 e. The zero-order chi connectivity index (χ0) is 17.6. The number of hydrogen-bond acceptors (Lipinski definition) is 5. The van der Waals surface area contributed by atoms with Crippen LogP contribution in [0.15, 0.2) is 40.1 Å². The molecule has 7 heteroatoms. The fraction of sp³-hybridized carbons (Fsp3) is 0.389. The smallest absolute Gasteiger partial charge is 0.332 e. The van der Waals surface area contributed by atoms with E-state index in [1.807, 2.05) is 6.07 Å². The summed E-state index contributed by atoms with van der Waals surface area (Å²) in [5, 5.41) is 8.96. The second kappa shape index (κ2) is 7.92. The Kier molecular flexibility index (Phi) is 5.43. The predicted molar refractivity (Wildman–Crippen MR) is 90.6 cm³/mol. The molecule has 0 radical (unpaired) electrons. The topological polar surface area (TPSA) is 97.1 Å². The normalized spacial score (nSPS) is 17.2. The number of nitrogens with zero attached hydrogens (tertiary/aromatic N) is 2. The van der Waals surface area contributed by atoms with E-state index in [0.717, 1.165) is 25.0 Å². The average molecular weight is 341 g/mol. The van der Waals surface area contributed by atoms with Gasteiger partial charge in [-0.05, 0) is 37.0 Å². The van der Waals surface area contributed by atoms with Gasteiger partial charge in [0.25, 0.3) is 5.56 Å². The predicted octanol–water partition coefficient (Wildman–Crippen LogP) is 1.48. The number of aromatic amines is 1. The molecule has 1 aromatic carbocycles. The lowest BCUT2D eigenvalue weighted by molar-refractivity contribution is -0.0447. The summed E-state index contributed by atoms with van der Waals surface area (Å²) < 4.78 is 12.6. The Labute approximate surface area is 144 Å². The lowest BCUT2D eigenvalue weighted by Crippen LogP contribution is -2.30. The molecule has 1 aromatic heterocycles. The van der Waals surface area contributed by atoms with Gasteiger partial charge in [0, 0.05) is 12.8 Å². The highest BCUT2D eigenvalue weighted by Crippen LogP contribution is 2.14. The van der Waals surface area contributed by atoms with Crippen molar-refractivity contribution in [2.24, 2.45) is 0 Å². The van der Waals surface area contributed by atoms with Crippen molar-refractivity contribution in [2.75, 3.05) is 13.2 Å². The summed E-state index contributed by atoms with van der Waals surface area (Å²) in [5.41, 5.74) is 0.0711. The Balaban J connectivity index is 1.72. The fourth-order valence-electron chi connectivity index (χ4n) is 2.79. The first kappa shape index (κ1) is 17.1. The fourth-order valence-corrected chi connectivity index (χ4v) is 2.79. The van der Waals surface area contributed by atoms with Crippen molar-refractivity contribution >= 4 is 0 Å². The van der Waals surface area contributed by atoms with Crippen molar-refractivity contribution in [1.29, 1.82) is 5.26 Å². The van der Waals surface area contributed by atoms with Crippen LogP contribution in [0.1, 0.15) is 30.4 Å². The minimum atomic E-state index is -0.685. The highest BCUT2D eigenvalue weighted by atomic mass is 16.5. The quantitative estimate of drug-likeness (QED) is 0.888. The summed E-state index contributed by atoms with van der Waals surface area (Å²) in [5.74, 6) is 0. The van der Waals surface area contributed by atoms with Gasteiger partial charge in [-0.15, -0.1) is 0 Å². The highest BCUT2D eigenvalue weighted by molar-refractivity contribution is 5.37. The van der Waals surface area contributed by atoms with Gasteiger partial charge in [0.1, 0.15) is 11.6 Å². The number of nitriles is 1. The Morgan fingerprint density at radius 3 is 3.00 bits per heavy atom. The van der Waals surface area contributed by atoms with Gasteiger partial charge in [-0.2, -0.15) is 5.26 Å². The van der Waals surface area contributed by atoms with Gasteiger partial charge in [0.05, 0.1) is 25.0 Å². The van der Waals surface area contributed by atoms with Gasteiger partial charge in [-0.25, -0.2) is 4.79 Å². The van der Waals surface area contributed by atoms with Gasteiger partial charge in [-0.3, -0.25) is 14.3 Å². The standard InChI is InChI=1S/C18H19N3O4/c19-9-14-10-21(18(23)20-17(14)22)15-5-3-4-13(8-15)11-24-12-16-6-1-2-7-25-16/h3-5,8,10,16H,1-2,6-7,11-12H2,(H,20,22,23)/t16-/m0/s1. The Morgan fingerprint density at radius 1 is 1.36 bits per heavy atom. The van der Waals surface area contributed by atoms with E-state index in [-0.39, 0.29) is 11.7 Å². The molecule has 2 heterocycles. The maximum Gasteiger partial charge on any atom is 0.332 e. The zero-order valence-electron chi connectivity index (χ0n) is 13.7. The molecule has 0 aliphatic carbocycles. The Hall–Kier alpha value is -2.69. The lowest BCUT2D eigenvalue weighted by atomic mass is 10.1. The molecular formula is C18H19N3O4. The summed E-state index contributed by atoms with van der Waals surface area (Å²) in [4.78, 5) is 25.6. The largest absolute Gasteiger partial charge is 0.376 e. The van der Waals surface area contributed by atoms with E-state index in [2.05, 4.69) is 4.98 Å². The monoisotopic (exact) mass is 341 g/mol. The molecule has 1 aliphatic rings. The summed E-state index contributed by atoms with van der Waals surface area (Å²) in [7, 11) is 0. The van der Waals surface area contributed by atoms with Crippen molar-refractivity contribution in [1.82, 2.24) is 9.55 Å². The third kappa shape index (κ3) is 4.24. The van der Waals surface area contributed by atoms with Gasteiger partial charge in [0.2, 0.25) is 0 Å². The van der Waals surface area contributed by atoms with E-state index in [4.69, 9.17) is 14.7 Å². The molecule has 0 spiro atoms. The molecule has 1 fully saturated rings. The first-order valence-corrected chi connectivity index (χ1v) is 8.22. The van der Waals surface area contributed by atoms with Crippen LogP contribution in [0.5, 0.6) is 0 Å². The van der Waals surface area contributed by atoms with E-state index in [0.29, 0.717) is 18.9 Å². The average Bonchev–Trinajstić information content (AvgIpc) is 2.63. The number of hydrogen-bond donors (Lipinski definition) is 1. The Morgan fingerprint density at radius 2 is 2.24 bits per heavy atom. The highest BCUT2D eigenvalue weighted by Gasteiger charge is 2.13. The van der Waals surface area contributed by atoms with Gasteiger partial charge in [0.15, 0.2) is 0 Å². The van der Waals surface area contributed by atoms with E-state index >= 15 is 0 Å². The molecule has 1 aliphatic heterocycles. The third-order valence-corrected chi connectivity index (χ3v) is 4.10. The van der Waals surface area contributed by atoms with Crippen LogP contribution in [0.4, 0.5) is 0 Å². The molecular weight excluding hydrogens is 322 g/mol. The second-order valence-corrected chi connectivity index (χ2v) is 5.96. The summed E-state index contributed by atoms with van der Waals surface area (Å²) in [6.45, 7) is 1.73. The van der Waals surface area contributed by atoms with Gasteiger partial charge >= 0.3 is 5.69 Å². The molecule has 1 atom stereocenters.